The van der Waals surface area contributed by atoms with Crippen LogP contribution in [0, 0.1) is 0 Å². The lowest BCUT2D eigenvalue weighted by atomic mass is 10.3. The van der Waals surface area contributed by atoms with Crippen LogP contribution in [0.2, 0.25) is 0 Å². The first kappa shape index (κ1) is 14.4. The first-order chi connectivity index (χ1) is 7.06. The molecule has 0 spiro atoms. The molecule has 0 N–H and O–H groups in total. The number of carbonyl (C=O) groups excluding carboxylic acids is 1. The zero-order chi connectivity index (χ0) is 11.7. The van der Waals surface area contributed by atoms with Gasteiger partial charge < -0.3 is 14.7 Å². The topological polar surface area (TPSA) is 26.8 Å². The van der Waals surface area contributed by atoms with Gasteiger partial charge in [0.15, 0.2) is 0 Å². The van der Waals surface area contributed by atoms with Gasteiger partial charge >= 0.3 is 6.41 Å². The van der Waals surface area contributed by atoms with Crippen LogP contribution in [0.25, 0.3) is 0 Å². The van der Waals surface area contributed by atoms with Crippen LogP contribution in [0.3, 0.4) is 0 Å². The Bertz CT molecular complexity index is 146. The van der Waals surface area contributed by atoms with Gasteiger partial charge in [0.2, 0.25) is 0 Å². The van der Waals surface area contributed by atoms with Gasteiger partial charge in [-0.3, -0.25) is 4.79 Å². The van der Waals surface area contributed by atoms with Gasteiger partial charge in [-0.15, -0.1) is 0 Å². The Kier molecular flexibility index (Phi) is 8.33. The Labute approximate surface area is 93.8 Å². The van der Waals surface area contributed by atoms with Gasteiger partial charge in [-0.1, -0.05) is 0 Å². The van der Waals surface area contributed by atoms with Crippen LogP contribution in [0.4, 0.5) is 0 Å². The van der Waals surface area contributed by atoms with Gasteiger partial charge in [0, 0.05) is 13.1 Å². The summed E-state index contributed by atoms with van der Waals surface area (Å²) >= 11 is 0. The molecule has 0 bridgehead atoms. The molecular weight excluding hydrogens is 190 g/mol. The fourth-order valence-corrected chi connectivity index (χ4v) is 1.36. The number of hydrogen-bond acceptors (Lipinski definition) is 3. The van der Waals surface area contributed by atoms with E-state index in [0.717, 1.165) is 39.0 Å². The molecule has 0 heterocycles. The quantitative estimate of drug-likeness (QED) is 0.515. The monoisotopic (exact) mass is 214 g/mol. The van der Waals surface area contributed by atoms with Crippen LogP contribution in [-0.4, -0.2) is 75.5 Å². The lowest BCUT2D eigenvalue weighted by molar-refractivity contribution is 0.312. The third-order valence-corrected chi connectivity index (χ3v) is 2.20. The molecule has 0 rings (SSSR count). The van der Waals surface area contributed by atoms with Crippen molar-refractivity contribution in [2.24, 2.45) is 0 Å². The molecule has 1 amide bonds. The molecule has 0 aliphatic carbocycles. The zero-order valence-electron chi connectivity index (χ0n) is 10.5. The van der Waals surface area contributed by atoms with Crippen molar-refractivity contribution in [1.82, 2.24) is 14.7 Å². The summed E-state index contributed by atoms with van der Waals surface area (Å²) in [5.41, 5.74) is 0. The van der Waals surface area contributed by atoms with E-state index < -0.39 is 0 Å². The molecule has 89 valence electrons. The van der Waals surface area contributed by atoms with Crippen LogP contribution in [0.1, 0.15) is 12.8 Å². The van der Waals surface area contributed by atoms with Gasteiger partial charge in [0.25, 0.3) is 0 Å². The number of rotatable bonds is 9. The molecule has 0 saturated carbocycles. The molecule has 0 fully saturated rings. The van der Waals surface area contributed by atoms with E-state index in [1.807, 2.05) is 34.6 Å². The van der Waals surface area contributed by atoms with Gasteiger partial charge in [-0.2, -0.15) is 0 Å². The summed E-state index contributed by atoms with van der Waals surface area (Å²) in [4.78, 5) is 16.6. The first-order valence-electron chi connectivity index (χ1n) is 5.48. The highest BCUT2D eigenvalue weighted by atomic mass is 16.1. The van der Waals surface area contributed by atoms with Crippen molar-refractivity contribution >= 4 is 6.41 Å². The Morgan fingerprint density at radius 3 is 1.47 bits per heavy atom. The standard InChI is InChI=1S/C11H24N3O/c1-12(2)7-5-9-14(11-15)10-6-8-13(3)4/h5-10H2,1-4H3. The SMILES string of the molecule is CN(C)CCCN([C]=O)CCCN(C)C. The maximum absolute atomic E-state index is 10.6. The van der Waals surface area contributed by atoms with Crippen molar-refractivity contribution in [2.75, 3.05) is 54.4 Å². The largest absolute Gasteiger partial charge is 0.334 e. The Morgan fingerprint density at radius 1 is 0.800 bits per heavy atom. The van der Waals surface area contributed by atoms with Gasteiger partial charge in [-0.25, -0.2) is 0 Å². The van der Waals surface area contributed by atoms with E-state index in [1.165, 1.54) is 0 Å². The molecule has 4 heteroatoms. The number of nitrogens with zero attached hydrogens (tertiary/aromatic N) is 3. The molecule has 0 atom stereocenters. The average molecular weight is 214 g/mol. The molecule has 0 aromatic heterocycles. The molecule has 0 aromatic carbocycles. The predicted molar refractivity (Wildman–Crippen MR) is 63.6 cm³/mol. The highest BCUT2D eigenvalue weighted by Crippen LogP contribution is 1.93. The Morgan fingerprint density at radius 2 is 1.20 bits per heavy atom. The molecule has 0 unspecified atom stereocenters. The predicted octanol–water partition coefficient (Wildman–Crippen LogP) is 0.259. The minimum atomic E-state index is 0.815. The second-order valence-electron chi connectivity index (χ2n) is 4.39. The first-order valence-corrected chi connectivity index (χ1v) is 5.48. The van der Waals surface area contributed by atoms with Crippen molar-refractivity contribution in [3.05, 3.63) is 0 Å². The highest BCUT2D eigenvalue weighted by molar-refractivity contribution is 5.47. The molecule has 0 aliphatic heterocycles. The van der Waals surface area contributed by atoms with Crippen LogP contribution >= 0.6 is 0 Å². The lowest BCUT2D eigenvalue weighted by Crippen LogP contribution is -2.29. The second kappa shape index (κ2) is 8.68. The maximum atomic E-state index is 10.6. The number of hydrogen-bond donors (Lipinski definition) is 0. The summed E-state index contributed by atoms with van der Waals surface area (Å²) in [5.74, 6) is 0. The average Bonchev–Trinajstić information content (AvgIpc) is 2.14. The van der Waals surface area contributed by atoms with E-state index >= 15 is 0 Å². The van der Waals surface area contributed by atoms with Crippen LogP contribution < -0.4 is 0 Å². The summed E-state index contributed by atoms with van der Waals surface area (Å²) in [6.45, 7) is 3.67. The lowest BCUT2D eigenvalue weighted by Gasteiger charge is -2.18. The summed E-state index contributed by atoms with van der Waals surface area (Å²) in [5, 5.41) is 0. The molecule has 15 heavy (non-hydrogen) atoms. The fourth-order valence-electron chi connectivity index (χ4n) is 1.36. The normalized spacial score (nSPS) is 11.1. The molecule has 4 nitrogen and oxygen atoms in total. The van der Waals surface area contributed by atoms with Gasteiger partial charge in [0.05, 0.1) is 0 Å². The summed E-state index contributed by atoms with van der Waals surface area (Å²) in [6, 6.07) is 0. The summed E-state index contributed by atoms with van der Waals surface area (Å²) < 4.78 is 0. The van der Waals surface area contributed by atoms with Gasteiger partial charge in [-0.05, 0) is 54.1 Å². The van der Waals surface area contributed by atoms with Crippen molar-refractivity contribution in [1.29, 1.82) is 0 Å². The Hall–Kier alpha value is -0.610. The van der Waals surface area contributed by atoms with Crippen molar-refractivity contribution in [3.8, 4) is 0 Å². The second-order valence-corrected chi connectivity index (χ2v) is 4.39. The molecule has 1 radical (unpaired) electrons. The molecule has 0 aromatic rings. The van der Waals surface area contributed by atoms with Crippen molar-refractivity contribution in [2.45, 2.75) is 12.8 Å². The van der Waals surface area contributed by atoms with Crippen LogP contribution in [-0.2, 0) is 4.79 Å². The van der Waals surface area contributed by atoms with E-state index in [9.17, 15) is 4.79 Å². The van der Waals surface area contributed by atoms with Gasteiger partial charge in [0.1, 0.15) is 0 Å². The van der Waals surface area contributed by atoms with Crippen molar-refractivity contribution in [3.63, 3.8) is 0 Å². The minimum Gasteiger partial charge on any atom is -0.334 e. The number of amides is 1. The molecule has 0 aliphatic rings. The fraction of sp³-hybridized carbons (Fsp3) is 0.909. The Balaban J connectivity index is 3.50. The third kappa shape index (κ3) is 9.69. The molecular formula is C11H24N3O. The molecule has 0 saturated heterocycles. The smallest absolute Gasteiger partial charge is 0.312 e. The van der Waals surface area contributed by atoms with Crippen LogP contribution in [0.5, 0.6) is 0 Å². The van der Waals surface area contributed by atoms with Crippen LogP contribution in [0.15, 0.2) is 0 Å². The zero-order valence-corrected chi connectivity index (χ0v) is 10.5. The van der Waals surface area contributed by atoms with E-state index in [1.54, 1.807) is 4.90 Å². The van der Waals surface area contributed by atoms with E-state index in [2.05, 4.69) is 9.80 Å². The van der Waals surface area contributed by atoms with E-state index in [0.29, 0.717) is 0 Å². The summed E-state index contributed by atoms with van der Waals surface area (Å²) in [6.07, 6.45) is 4.03. The highest BCUT2D eigenvalue weighted by Gasteiger charge is 2.02. The van der Waals surface area contributed by atoms with Crippen molar-refractivity contribution < 1.29 is 4.79 Å². The third-order valence-electron chi connectivity index (χ3n) is 2.20. The summed E-state index contributed by atoms with van der Waals surface area (Å²) in [7, 11) is 8.17. The maximum Gasteiger partial charge on any atom is 0.312 e. The van der Waals surface area contributed by atoms with E-state index in [4.69, 9.17) is 0 Å². The van der Waals surface area contributed by atoms with E-state index in [-0.39, 0.29) is 0 Å². The minimum absolute atomic E-state index is 0.815.